The van der Waals surface area contributed by atoms with Crippen LogP contribution in [0.3, 0.4) is 0 Å². The van der Waals surface area contributed by atoms with Crippen molar-refractivity contribution in [1.29, 1.82) is 0 Å². The van der Waals surface area contributed by atoms with Crippen LogP contribution in [-0.4, -0.2) is 27.2 Å². The van der Waals surface area contributed by atoms with Gasteiger partial charge >= 0.3 is 5.69 Å². The second-order valence-electron chi connectivity index (χ2n) is 3.69. The van der Waals surface area contributed by atoms with Gasteiger partial charge in [-0.05, 0) is 13.3 Å². The van der Waals surface area contributed by atoms with Gasteiger partial charge in [-0.3, -0.25) is 14.3 Å². The highest BCUT2D eigenvalue weighted by atomic mass is 31.1. The average molecular weight is 276 g/mol. The Hall–Kier alpha value is -1.01. The molecule has 1 rings (SSSR count). The maximum absolute atomic E-state index is 11.5. The van der Waals surface area contributed by atoms with Crippen LogP contribution in [0.4, 0.5) is 0 Å². The van der Waals surface area contributed by atoms with Gasteiger partial charge in [0, 0.05) is 12.3 Å². The second kappa shape index (κ2) is 7.43. The zero-order chi connectivity index (χ0) is 13.5. The summed E-state index contributed by atoms with van der Waals surface area (Å²) < 4.78 is 11.8. The average Bonchev–Trinajstić information content (AvgIpc) is 2.34. The highest BCUT2D eigenvalue weighted by Crippen LogP contribution is 2.13. The molecule has 0 aromatic carbocycles. The third-order valence-corrected chi connectivity index (χ3v) is 2.72. The first-order valence-electron chi connectivity index (χ1n) is 5.56. The summed E-state index contributed by atoms with van der Waals surface area (Å²) in [4.78, 5) is 33.2. The summed E-state index contributed by atoms with van der Waals surface area (Å²) in [5, 5.41) is 0. The van der Waals surface area contributed by atoms with Crippen LogP contribution < -0.4 is 11.2 Å². The largest absolute Gasteiger partial charge is 0.353 e. The minimum absolute atomic E-state index is 0.224. The molecule has 8 heteroatoms. The lowest BCUT2D eigenvalue weighted by molar-refractivity contribution is -0.0631. The van der Waals surface area contributed by atoms with E-state index in [1.54, 1.807) is 6.92 Å². The van der Waals surface area contributed by atoms with Crippen molar-refractivity contribution in [3.05, 3.63) is 33.1 Å². The minimum Gasteiger partial charge on any atom is -0.353 e. The van der Waals surface area contributed by atoms with Crippen LogP contribution in [0, 0.1) is 0 Å². The second-order valence-corrected chi connectivity index (χ2v) is 4.16. The fraction of sp³-hybridized carbons (Fsp3) is 0.600. The molecule has 0 aliphatic carbocycles. The summed E-state index contributed by atoms with van der Waals surface area (Å²) in [6.45, 7) is 3.87. The van der Waals surface area contributed by atoms with Crippen LogP contribution in [0.2, 0.25) is 0 Å². The number of nitrogens with zero attached hydrogens (tertiary/aromatic N) is 1. The predicted octanol–water partition coefficient (Wildman–Crippen LogP) is 0.368. The Labute approximate surface area is 106 Å². The number of rotatable bonds is 7. The molecule has 0 fully saturated rings. The van der Waals surface area contributed by atoms with Crippen molar-refractivity contribution in [2.75, 3.05) is 6.61 Å². The predicted molar refractivity (Wildman–Crippen MR) is 67.7 cm³/mol. The molecule has 18 heavy (non-hydrogen) atoms. The molecule has 7 nitrogen and oxygen atoms in total. The SMILES string of the molecule is CCC(COPO)OC(C)n1ccc(=O)[nH]c1=O. The van der Waals surface area contributed by atoms with E-state index in [9.17, 15) is 9.59 Å². The number of ether oxygens (including phenoxy) is 1. The van der Waals surface area contributed by atoms with Crippen LogP contribution in [0.5, 0.6) is 0 Å². The molecule has 1 aromatic rings. The molecule has 1 heterocycles. The van der Waals surface area contributed by atoms with Gasteiger partial charge in [-0.1, -0.05) is 6.92 Å². The van der Waals surface area contributed by atoms with Crippen LogP contribution in [0.1, 0.15) is 26.5 Å². The molecule has 0 saturated heterocycles. The van der Waals surface area contributed by atoms with Crippen LogP contribution in [0.15, 0.2) is 21.9 Å². The standard InChI is InChI=1S/C10H17N2O5P/c1-3-8(6-16-18-15)17-7(2)12-5-4-9(13)11-10(12)14/h4-5,7-8,15,18H,3,6H2,1-2H3,(H,11,13,14). The van der Waals surface area contributed by atoms with Crippen LogP contribution in [0.25, 0.3) is 0 Å². The van der Waals surface area contributed by atoms with Crippen molar-refractivity contribution < 1.29 is 14.2 Å². The zero-order valence-corrected chi connectivity index (χ0v) is 11.3. The van der Waals surface area contributed by atoms with Gasteiger partial charge in [0.1, 0.15) is 6.23 Å². The third kappa shape index (κ3) is 4.34. The molecule has 0 saturated carbocycles. The van der Waals surface area contributed by atoms with Gasteiger partial charge in [0.05, 0.1) is 12.7 Å². The van der Waals surface area contributed by atoms with Crippen molar-refractivity contribution in [1.82, 2.24) is 9.55 Å². The van der Waals surface area contributed by atoms with Gasteiger partial charge in [0.25, 0.3) is 5.56 Å². The topological polar surface area (TPSA) is 93.5 Å². The van der Waals surface area contributed by atoms with E-state index in [1.807, 2.05) is 6.92 Å². The molecule has 2 N–H and O–H groups in total. The normalized spacial score (nSPS) is 15.1. The molecule has 3 atom stereocenters. The maximum atomic E-state index is 11.5. The number of nitrogens with one attached hydrogen (secondary N) is 1. The summed E-state index contributed by atoms with van der Waals surface area (Å²) in [5.74, 6) is 0. The lowest BCUT2D eigenvalue weighted by Crippen LogP contribution is -2.33. The number of aromatic amines is 1. The number of H-pyrrole nitrogens is 1. The highest BCUT2D eigenvalue weighted by Gasteiger charge is 2.14. The Morgan fingerprint density at radius 2 is 2.28 bits per heavy atom. The molecule has 0 aliphatic heterocycles. The van der Waals surface area contributed by atoms with Gasteiger partial charge in [-0.2, -0.15) is 0 Å². The van der Waals surface area contributed by atoms with Crippen molar-refractivity contribution in [3.8, 4) is 0 Å². The van der Waals surface area contributed by atoms with E-state index in [4.69, 9.17) is 14.2 Å². The Morgan fingerprint density at radius 3 is 2.83 bits per heavy atom. The van der Waals surface area contributed by atoms with Gasteiger partial charge in [-0.15, -0.1) is 0 Å². The van der Waals surface area contributed by atoms with Crippen LogP contribution >= 0.6 is 9.03 Å². The van der Waals surface area contributed by atoms with Gasteiger partial charge in [0.15, 0.2) is 9.03 Å². The number of hydrogen-bond donors (Lipinski definition) is 2. The van der Waals surface area contributed by atoms with Gasteiger partial charge < -0.3 is 14.2 Å². The first-order valence-corrected chi connectivity index (χ1v) is 6.41. The molecule has 0 spiro atoms. The van der Waals surface area contributed by atoms with Gasteiger partial charge in [0.2, 0.25) is 0 Å². The van der Waals surface area contributed by atoms with E-state index in [-0.39, 0.29) is 12.7 Å². The fourth-order valence-corrected chi connectivity index (χ4v) is 1.70. The summed E-state index contributed by atoms with van der Waals surface area (Å²) in [7, 11) is -0.583. The summed E-state index contributed by atoms with van der Waals surface area (Å²) >= 11 is 0. The fourth-order valence-electron chi connectivity index (χ4n) is 1.44. The zero-order valence-electron chi connectivity index (χ0n) is 10.3. The molecular formula is C10H17N2O5P. The quantitative estimate of drug-likeness (QED) is 0.702. The van der Waals surface area contributed by atoms with Crippen molar-refractivity contribution in [2.45, 2.75) is 32.6 Å². The monoisotopic (exact) mass is 276 g/mol. The van der Waals surface area contributed by atoms with Crippen molar-refractivity contribution >= 4 is 9.03 Å². The highest BCUT2D eigenvalue weighted by molar-refractivity contribution is 7.24. The maximum Gasteiger partial charge on any atom is 0.330 e. The Morgan fingerprint density at radius 1 is 1.56 bits per heavy atom. The van der Waals surface area contributed by atoms with E-state index in [0.717, 1.165) is 0 Å². The number of hydrogen-bond acceptors (Lipinski definition) is 5. The Kier molecular flexibility index (Phi) is 6.21. The van der Waals surface area contributed by atoms with Crippen molar-refractivity contribution in [3.63, 3.8) is 0 Å². The van der Waals surface area contributed by atoms with Crippen LogP contribution in [-0.2, 0) is 9.26 Å². The van der Waals surface area contributed by atoms with Crippen molar-refractivity contribution in [2.24, 2.45) is 0 Å². The van der Waals surface area contributed by atoms with E-state index < -0.39 is 26.5 Å². The molecule has 3 unspecified atom stereocenters. The lowest BCUT2D eigenvalue weighted by Gasteiger charge is -2.22. The van der Waals surface area contributed by atoms with E-state index in [0.29, 0.717) is 6.42 Å². The Balaban J connectivity index is 2.71. The summed E-state index contributed by atoms with van der Waals surface area (Å²) in [6, 6.07) is 1.26. The molecule has 0 bridgehead atoms. The molecule has 0 aliphatic rings. The molecule has 0 radical (unpaired) electrons. The lowest BCUT2D eigenvalue weighted by atomic mass is 10.3. The van der Waals surface area contributed by atoms with Gasteiger partial charge in [-0.25, -0.2) is 4.79 Å². The molecular weight excluding hydrogens is 259 g/mol. The van der Waals surface area contributed by atoms with E-state index in [2.05, 4.69) is 4.98 Å². The molecule has 1 aromatic heterocycles. The summed E-state index contributed by atoms with van der Waals surface area (Å²) in [6.07, 6.45) is 1.32. The third-order valence-electron chi connectivity index (χ3n) is 2.42. The first kappa shape index (κ1) is 15.0. The minimum atomic E-state index is -0.583. The Bertz CT molecular complexity index is 472. The smallest absolute Gasteiger partial charge is 0.330 e. The molecule has 102 valence electrons. The first-order chi connectivity index (χ1) is 8.58. The number of aromatic nitrogens is 2. The van der Waals surface area contributed by atoms with E-state index in [1.165, 1.54) is 16.8 Å². The van der Waals surface area contributed by atoms with E-state index >= 15 is 0 Å². The molecule has 0 amide bonds. The summed E-state index contributed by atoms with van der Waals surface area (Å²) in [5.41, 5.74) is -0.963.